The summed E-state index contributed by atoms with van der Waals surface area (Å²) < 4.78 is 5.43. The molecule has 2 aromatic carbocycles. The van der Waals surface area contributed by atoms with Gasteiger partial charge in [0.15, 0.2) is 0 Å². The molecular weight excluding hydrogens is 270 g/mol. The second-order valence-electron chi connectivity index (χ2n) is 4.65. The minimum Gasteiger partial charge on any atom is -0.496 e. The van der Waals surface area contributed by atoms with Crippen molar-refractivity contribution in [2.24, 2.45) is 0 Å². The van der Waals surface area contributed by atoms with Crippen molar-refractivity contribution >= 4 is 11.6 Å². The fraction of sp³-hybridized carbons (Fsp3) is 0.294. The molecule has 0 aliphatic carbocycles. The number of likely N-dealkylation sites (N-methyl/N-ethyl adjacent to an activating group) is 1. The van der Waals surface area contributed by atoms with Gasteiger partial charge in [-0.2, -0.15) is 0 Å². The van der Waals surface area contributed by atoms with E-state index in [2.05, 4.69) is 24.4 Å². The fourth-order valence-corrected chi connectivity index (χ4v) is 2.66. The molecule has 2 aromatic rings. The first-order valence-corrected chi connectivity index (χ1v) is 7.23. The first-order chi connectivity index (χ1) is 9.76. The van der Waals surface area contributed by atoms with Crippen LogP contribution in [0.5, 0.6) is 5.75 Å². The molecule has 0 spiro atoms. The summed E-state index contributed by atoms with van der Waals surface area (Å²) in [6.07, 6.45) is 0.849. The summed E-state index contributed by atoms with van der Waals surface area (Å²) in [6, 6.07) is 16.3. The number of hydrogen-bond donors (Lipinski definition) is 1. The van der Waals surface area contributed by atoms with Crippen molar-refractivity contribution in [2.45, 2.75) is 19.4 Å². The Morgan fingerprint density at radius 3 is 2.50 bits per heavy atom. The Hall–Kier alpha value is -1.51. The summed E-state index contributed by atoms with van der Waals surface area (Å²) in [7, 11) is 1.70. The topological polar surface area (TPSA) is 21.3 Å². The largest absolute Gasteiger partial charge is 0.496 e. The molecule has 3 heteroatoms. The Bertz CT molecular complexity index is 556. The van der Waals surface area contributed by atoms with E-state index in [0.717, 1.165) is 29.3 Å². The van der Waals surface area contributed by atoms with Crippen LogP contribution in [0.2, 0.25) is 5.02 Å². The average molecular weight is 290 g/mol. The second kappa shape index (κ2) is 7.32. The zero-order chi connectivity index (χ0) is 14.4. The lowest BCUT2D eigenvalue weighted by Crippen LogP contribution is -2.23. The van der Waals surface area contributed by atoms with Crippen molar-refractivity contribution in [3.8, 4) is 5.75 Å². The number of nitrogens with one attached hydrogen (secondary N) is 1. The molecule has 1 unspecified atom stereocenters. The summed E-state index contributed by atoms with van der Waals surface area (Å²) in [5, 5.41) is 4.30. The molecule has 2 rings (SSSR count). The van der Waals surface area contributed by atoms with Gasteiger partial charge in [0.05, 0.1) is 7.11 Å². The smallest absolute Gasteiger partial charge is 0.122 e. The van der Waals surface area contributed by atoms with Gasteiger partial charge in [0.25, 0.3) is 0 Å². The minimum absolute atomic E-state index is 0.185. The van der Waals surface area contributed by atoms with Crippen molar-refractivity contribution in [1.82, 2.24) is 5.32 Å². The van der Waals surface area contributed by atoms with Crippen LogP contribution >= 0.6 is 11.6 Å². The maximum Gasteiger partial charge on any atom is 0.122 e. The van der Waals surface area contributed by atoms with Crippen LogP contribution in [0, 0.1) is 0 Å². The summed E-state index contributed by atoms with van der Waals surface area (Å²) in [5.74, 6) is 0.919. The van der Waals surface area contributed by atoms with E-state index in [1.165, 1.54) is 5.56 Å². The Morgan fingerprint density at radius 2 is 1.80 bits per heavy atom. The lowest BCUT2D eigenvalue weighted by molar-refractivity contribution is 0.405. The lowest BCUT2D eigenvalue weighted by atomic mass is 9.98. The van der Waals surface area contributed by atoms with Crippen LogP contribution in [-0.4, -0.2) is 13.7 Å². The molecule has 0 amide bonds. The number of rotatable bonds is 6. The van der Waals surface area contributed by atoms with Crippen LogP contribution < -0.4 is 10.1 Å². The van der Waals surface area contributed by atoms with Crippen LogP contribution in [0.4, 0.5) is 0 Å². The van der Waals surface area contributed by atoms with Gasteiger partial charge in [-0.25, -0.2) is 0 Å². The Balaban J connectivity index is 2.28. The van der Waals surface area contributed by atoms with Gasteiger partial charge in [-0.05, 0) is 36.2 Å². The molecule has 0 saturated heterocycles. The van der Waals surface area contributed by atoms with Crippen molar-refractivity contribution in [1.29, 1.82) is 0 Å². The number of benzene rings is 2. The van der Waals surface area contributed by atoms with Crippen molar-refractivity contribution in [2.75, 3.05) is 13.7 Å². The molecule has 0 bridgehead atoms. The number of ether oxygens (including phenoxy) is 1. The summed E-state index contributed by atoms with van der Waals surface area (Å²) >= 11 is 6.32. The summed E-state index contributed by atoms with van der Waals surface area (Å²) in [6.45, 7) is 3.00. The number of halogens is 1. The SMILES string of the molecule is CCNC(Cc1ccccc1OC)c1ccccc1Cl. The van der Waals surface area contributed by atoms with Gasteiger partial charge in [0.2, 0.25) is 0 Å². The quantitative estimate of drug-likeness (QED) is 0.859. The maximum absolute atomic E-state index is 6.32. The van der Waals surface area contributed by atoms with E-state index in [0.29, 0.717) is 0 Å². The molecule has 0 aromatic heterocycles. The van der Waals surface area contributed by atoms with Gasteiger partial charge in [0.1, 0.15) is 5.75 Å². The molecule has 0 radical (unpaired) electrons. The zero-order valence-electron chi connectivity index (χ0n) is 11.9. The van der Waals surface area contributed by atoms with Gasteiger partial charge in [0, 0.05) is 11.1 Å². The molecule has 106 valence electrons. The van der Waals surface area contributed by atoms with Gasteiger partial charge < -0.3 is 10.1 Å². The number of hydrogen-bond acceptors (Lipinski definition) is 2. The second-order valence-corrected chi connectivity index (χ2v) is 5.05. The van der Waals surface area contributed by atoms with E-state index in [1.807, 2.05) is 36.4 Å². The molecule has 0 aliphatic rings. The van der Waals surface area contributed by atoms with E-state index in [1.54, 1.807) is 7.11 Å². The predicted octanol–water partition coefficient (Wildman–Crippen LogP) is 4.24. The fourth-order valence-electron chi connectivity index (χ4n) is 2.39. The third-order valence-corrected chi connectivity index (χ3v) is 3.69. The van der Waals surface area contributed by atoms with E-state index < -0.39 is 0 Å². The molecule has 0 aliphatic heterocycles. The molecule has 0 heterocycles. The lowest BCUT2D eigenvalue weighted by Gasteiger charge is -2.20. The number of methoxy groups -OCH3 is 1. The van der Waals surface area contributed by atoms with E-state index in [4.69, 9.17) is 16.3 Å². The number of para-hydroxylation sites is 1. The third kappa shape index (κ3) is 3.53. The Labute approximate surface area is 125 Å². The van der Waals surface area contributed by atoms with Crippen LogP contribution in [0.25, 0.3) is 0 Å². The molecule has 0 fully saturated rings. The standard InChI is InChI=1S/C17H20ClNO/c1-3-19-16(14-9-5-6-10-15(14)18)12-13-8-4-7-11-17(13)20-2/h4-11,16,19H,3,12H2,1-2H3. The first kappa shape index (κ1) is 14.9. The van der Waals surface area contributed by atoms with Crippen molar-refractivity contribution < 1.29 is 4.74 Å². The zero-order valence-corrected chi connectivity index (χ0v) is 12.7. The maximum atomic E-state index is 6.32. The molecule has 1 N–H and O–H groups in total. The molecule has 0 saturated carbocycles. The Morgan fingerprint density at radius 1 is 1.10 bits per heavy atom. The van der Waals surface area contributed by atoms with E-state index in [-0.39, 0.29) is 6.04 Å². The van der Waals surface area contributed by atoms with E-state index >= 15 is 0 Å². The van der Waals surface area contributed by atoms with Crippen LogP contribution in [0.3, 0.4) is 0 Å². The first-order valence-electron chi connectivity index (χ1n) is 6.86. The monoisotopic (exact) mass is 289 g/mol. The van der Waals surface area contributed by atoms with Crippen LogP contribution in [-0.2, 0) is 6.42 Å². The molecule has 1 atom stereocenters. The molecule has 2 nitrogen and oxygen atoms in total. The third-order valence-electron chi connectivity index (χ3n) is 3.35. The predicted molar refractivity (Wildman–Crippen MR) is 84.6 cm³/mol. The average Bonchev–Trinajstić information content (AvgIpc) is 2.48. The highest BCUT2D eigenvalue weighted by Gasteiger charge is 2.15. The van der Waals surface area contributed by atoms with Crippen LogP contribution in [0.1, 0.15) is 24.1 Å². The van der Waals surface area contributed by atoms with Gasteiger partial charge >= 0.3 is 0 Å². The minimum atomic E-state index is 0.185. The summed E-state index contributed by atoms with van der Waals surface area (Å²) in [5.41, 5.74) is 2.31. The Kier molecular flexibility index (Phi) is 5.45. The van der Waals surface area contributed by atoms with Crippen molar-refractivity contribution in [3.63, 3.8) is 0 Å². The van der Waals surface area contributed by atoms with Gasteiger partial charge in [-0.15, -0.1) is 0 Å². The van der Waals surface area contributed by atoms with Gasteiger partial charge in [-0.3, -0.25) is 0 Å². The normalized spacial score (nSPS) is 12.2. The van der Waals surface area contributed by atoms with Crippen molar-refractivity contribution in [3.05, 3.63) is 64.7 Å². The molecule has 20 heavy (non-hydrogen) atoms. The van der Waals surface area contributed by atoms with Crippen LogP contribution in [0.15, 0.2) is 48.5 Å². The highest BCUT2D eigenvalue weighted by atomic mass is 35.5. The van der Waals surface area contributed by atoms with E-state index in [9.17, 15) is 0 Å². The highest BCUT2D eigenvalue weighted by Crippen LogP contribution is 2.28. The highest BCUT2D eigenvalue weighted by molar-refractivity contribution is 6.31. The summed E-state index contributed by atoms with van der Waals surface area (Å²) in [4.78, 5) is 0. The van der Waals surface area contributed by atoms with Gasteiger partial charge in [-0.1, -0.05) is 54.9 Å². The molecular formula is C17H20ClNO.